The predicted molar refractivity (Wildman–Crippen MR) is 167 cm³/mol. The molecule has 0 fully saturated rings. The molecule has 7 heteroatoms. The Morgan fingerprint density at radius 3 is 2.10 bits per heavy atom. The summed E-state index contributed by atoms with van der Waals surface area (Å²) in [6.07, 6.45) is 5.51. The summed E-state index contributed by atoms with van der Waals surface area (Å²) in [5.41, 5.74) is 7.84. The molecule has 2 heterocycles. The minimum absolute atomic E-state index is 0.0276. The Kier molecular flexibility index (Phi) is 11.6. The summed E-state index contributed by atoms with van der Waals surface area (Å²) in [7, 11) is 0. The molecule has 0 spiro atoms. The van der Waals surface area contributed by atoms with Crippen LogP contribution in [0, 0.1) is 11.8 Å². The van der Waals surface area contributed by atoms with Crippen LogP contribution < -0.4 is 4.74 Å². The zero-order valence-corrected chi connectivity index (χ0v) is 24.6. The maximum Gasteiger partial charge on any atom is 0.303 e. The van der Waals surface area contributed by atoms with Crippen molar-refractivity contribution in [2.75, 3.05) is 6.61 Å². The Morgan fingerprint density at radius 1 is 0.756 bits per heavy atom. The quantitative estimate of drug-likeness (QED) is 0.108. The average Bonchev–Trinajstić information content (AvgIpc) is 3.69. The first-order chi connectivity index (χ1) is 20.0. The van der Waals surface area contributed by atoms with Crippen LogP contribution in [0.25, 0.3) is 22.3 Å². The molecule has 0 saturated heterocycles. The van der Waals surface area contributed by atoms with Crippen LogP contribution in [0.3, 0.4) is 0 Å². The molecule has 0 bridgehead atoms. The Balaban J connectivity index is 1.33. The van der Waals surface area contributed by atoms with E-state index in [0.29, 0.717) is 25.2 Å². The van der Waals surface area contributed by atoms with Crippen LogP contribution in [-0.4, -0.2) is 28.8 Å². The first kappa shape index (κ1) is 30.1. The summed E-state index contributed by atoms with van der Waals surface area (Å²) in [6.45, 7) is 0.291. The van der Waals surface area contributed by atoms with Crippen molar-refractivity contribution in [1.82, 2.24) is 0 Å². The highest BCUT2D eigenvalue weighted by molar-refractivity contribution is 7.08. The summed E-state index contributed by atoms with van der Waals surface area (Å²) in [5.74, 6) is 5.70. The van der Waals surface area contributed by atoms with E-state index in [1.54, 1.807) is 22.7 Å². The van der Waals surface area contributed by atoms with Gasteiger partial charge in [-0.05, 0) is 123 Å². The van der Waals surface area contributed by atoms with Crippen molar-refractivity contribution < 1.29 is 24.5 Å². The van der Waals surface area contributed by atoms with Crippen LogP contribution >= 0.6 is 22.7 Å². The van der Waals surface area contributed by atoms with Crippen molar-refractivity contribution in [3.8, 4) is 39.8 Å². The van der Waals surface area contributed by atoms with Gasteiger partial charge in [0.15, 0.2) is 0 Å². The van der Waals surface area contributed by atoms with Gasteiger partial charge >= 0.3 is 11.9 Å². The van der Waals surface area contributed by atoms with Gasteiger partial charge in [0.05, 0.1) is 6.61 Å². The standard InChI is InChI=1S/C34H34O5S2/c35-33(36)12-7-17-39-32-11-6-10-26(31(32)13-14-34(37)38)9-5-3-1-2-4-8-25-20-29(27-15-18-40-23-27)22-30(21-25)28-16-19-41-24-28/h6,10-11,15-16,18-24H,1-3,5,7,9,12-14,17H2,(H,35,36)(H,37,38). The van der Waals surface area contributed by atoms with Gasteiger partial charge in [0, 0.05) is 24.8 Å². The van der Waals surface area contributed by atoms with Crippen molar-refractivity contribution in [3.05, 3.63) is 86.7 Å². The second-order valence-electron chi connectivity index (χ2n) is 9.82. The molecular formula is C34H34O5S2. The lowest BCUT2D eigenvalue weighted by atomic mass is 9.96. The van der Waals surface area contributed by atoms with Gasteiger partial charge in [0.1, 0.15) is 5.75 Å². The van der Waals surface area contributed by atoms with Gasteiger partial charge in [-0.2, -0.15) is 22.7 Å². The number of hydrogen-bond donors (Lipinski definition) is 2. The first-order valence-electron chi connectivity index (χ1n) is 13.9. The average molecular weight is 587 g/mol. The van der Waals surface area contributed by atoms with E-state index in [0.717, 1.165) is 48.8 Å². The SMILES string of the molecule is O=C(O)CCCOc1cccc(CCCCCC#Cc2cc(-c3ccsc3)cc(-c3ccsc3)c2)c1CCC(=O)O. The maximum atomic E-state index is 11.2. The fraction of sp³-hybridized carbons (Fsp3) is 0.294. The molecule has 4 rings (SSSR count). The highest BCUT2D eigenvalue weighted by Crippen LogP contribution is 2.31. The third-order valence-electron chi connectivity index (χ3n) is 6.73. The van der Waals surface area contributed by atoms with E-state index in [1.807, 2.05) is 18.2 Å². The number of unbranched alkanes of at least 4 members (excludes halogenated alkanes) is 3. The van der Waals surface area contributed by atoms with E-state index in [9.17, 15) is 14.7 Å². The third kappa shape index (κ3) is 9.63. The summed E-state index contributed by atoms with van der Waals surface area (Å²) in [4.78, 5) is 22.0. The predicted octanol–water partition coefficient (Wildman–Crippen LogP) is 8.56. The highest BCUT2D eigenvalue weighted by atomic mass is 32.1. The fourth-order valence-corrected chi connectivity index (χ4v) is 5.99. The highest BCUT2D eigenvalue weighted by Gasteiger charge is 2.12. The lowest BCUT2D eigenvalue weighted by molar-refractivity contribution is -0.138. The molecule has 5 nitrogen and oxygen atoms in total. The van der Waals surface area contributed by atoms with Crippen molar-refractivity contribution in [3.63, 3.8) is 0 Å². The summed E-state index contributed by atoms with van der Waals surface area (Å²) >= 11 is 3.39. The van der Waals surface area contributed by atoms with Gasteiger partial charge in [-0.1, -0.05) is 30.4 Å². The number of benzene rings is 2. The van der Waals surface area contributed by atoms with Gasteiger partial charge in [-0.15, -0.1) is 0 Å². The second-order valence-corrected chi connectivity index (χ2v) is 11.4. The van der Waals surface area contributed by atoms with Crippen molar-refractivity contribution in [1.29, 1.82) is 0 Å². The third-order valence-corrected chi connectivity index (χ3v) is 8.10. The Labute approximate surface area is 249 Å². The van der Waals surface area contributed by atoms with Gasteiger partial charge in [0.25, 0.3) is 0 Å². The van der Waals surface area contributed by atoms with Crippen molar-refractivity contribution >= 4 is 34.6 Å². The maximum absolute atomic E-state index is 11.2. The number of aliphatic carboxylic acids is 2. The molecule has 212 valence electrons. The van der Waals surface area contributed by atoms with Crippen LogP contribution in [0.5, 0.6) is 5.75 Å². The normalized spacial score (nSPS) is 10.6. The van der Waals surface area contributed by atoms with Gasteiger partial charge in [-0.25, -0.2) is 0 Å². The monoisotopic (exact) mass is 586 g/mol. The molecule has 0 saturated carbocycles. The van der Waals surface area contributed by atoms with E-state index in [-0.39, 0.29) is 12.8 Å². The summed E-state index contributed by atoms with van der Waals surface area (Å²) < 4.78 is 5.85. The largest absolute Gasteiger partial charge is 0.493 e. The molecule has 4 aromatic rings. The number of carboxylic acid groups (broad SMARTS) is 2. The molecule has 0 aliphatic rings. The van der Waals surface area contributed by atoms with Gasteiger partial charge < -0.3 is 14.9 Å². The minimum atomic E-state index is -0.854. The molecule has 0 atom stereocenters. The number of aryl methyl sites for hydroxylation is 1. The number of rotatable bonds is 15. The minimum Gasteiger partial charge on any atom is -0.493 e. The number of carboxylic acids is 2. The Bertz CT molecular complexity index is 1420. The van der Waals surface area contributed by atoms with Crippen molar-refractivity contribution in [2.45, 2.75) is 57.8 Å². The van der Waals surface area contributed by atoms with E-state index >= 15 is 0 Å². The Morgan fingerprint density at radius 2 is 1.46 bits per heavy atom. The molecule has 0 unspecified atom stereocenters. The van der Waals surface area contributed by atoms with Crippen LogP contribution in [0.1, 0.15) is 61.6 Å². The number of thiophene rings is 2. The summed E-state index contributed by atoms with van der Waals surface area (Å²) in [6, 6.07) is 16.6. The number of carbonyl (C=O) groups is 2. The molecule has 2 N–H and O–H groups in total. The molecule has 2 aromatic carbocycles. The van der Waals surface area contributed by atoms with Gasteiger partial charge in [-0.3, -0.25) is 9.59 Å². The van der Waals surface area contributed by atoms with Crippen LogP contribution in [0.4, 0.5) is 0 Å². The second kappa shape index (κ2) is 15.8. The van der Waals surface area contributed by atoms with E-state index in [4.69, 9.17) is 9.84 Å². The smallest absolute Gasteiger partial charge is 0.303 e. The molecule has 0 aliphatic carbocycles. The fourth-order valence-electron chi connectivity index (χ4n) is 4.66. The molecule has 0 radical (unpaired) electrons. The number of hydrogen-bond acceptors (Lipinski definition) is 5. The molecule has 41 heavy (non-hydrogen) atoms. The molecular weight excluding hydrogens is 553 g/mol. The number of ether oxygens (including phenoxy) is 1. The van der Waals surface area contributed by atoms with Crippen LogP contribution in [-0.2, 0) is 22.4 Å². The first-order valence-corrected chi connectivity index (χ1v) is 15.7. The van der Waals surface area contributed by atoms with Crippen LogP contribution in [0.15, 0.2) is 70.1 Å². The van der Waals surface area contributed by atoms with E-state index in [1.165, 1.54) is 22.3 Å². The Hall–Kier alpha value is -3.86. The van der Waals surface area contributed by atoms with E-state index in [2.05, 4.69) is 63.7 Å². The topological polar surface area (TPSA) is 83.8 Å². The lowest BCUT2D eigenvalue weighted by Crippen LogP contribution is -2.07. The lowest BCUT2D eigenvalue weighted by Gasteiger charge is -2.15. The summed E-state index contributed by atoms with van der Waals surface area (Å²) in [5, 5.41) is 26.6. The van der Waals surface area contributed by atoms with Crippen molar-refractivity contribution in [2.24, 2.45) is 0 Å². The van der Waals surface area contributed by atoms with E-state index < -0.39 is 11.9 Å². The van der Waals surface area contributed by atoms with Gasteiger partial charge in [0.2, 0.25) is 0 Å². The molecule has 0 amide bonds. The zero-order valence-electron chi connectivity index (χ0n) is 22.9. The van der Waals surface area contributed by atoms with Crippen LogP contribution in [0.2, 0.25) is 0 Å². The molecule has 0 aliphatic heterocycles. The molecule has 2 aromatic heterocycles. The zero-order chi connectivity index (χ0) is 28.9.